The van der Waals surface area contributed by atoms with E-state index in [0.29, 0.717) is 11.5 Å². The molecule has 0 bridgehead atoms. The molecule has 4 rings (SSSR count). The first-order chi connectivity index (χ1) is 12.6. The Hall–Kier alpha value is -2.88. The number of nitrogens with one attached hydrogen (secondary N) is 1. The number of nitrogens with zero attached hydrogens (tertiary/aromatic N) is 1. The number of amides is 1. The molecule has 0 saturated carbocycles. The number of aromatic amines is 1. The molecule has 0 fully saturated rings. The third-order valence-electron chi connectivity index (χ3n) is 5.79. The fourth-order valence-electron chi connectivity index (χ4n) is 4.28. The monoisotopic (exact) mass is 345 g/mol. The summed E-state index contributed by atoms with van der Waals surface area (Å²) in [5.74, 6) is 0.107. The Bertz CT molecular complexity index is 960. The SMILES string of the molecule is Cc1cccc(C(c2cnc[nH]2)C2CCc3ccc(C(N)=O)cc32)c1C. The molecule has 26 heavy (non-hydrogen) atoms. The molecule has 1 amide bonds. The summed E-state index contributed by atoms with van der Waals surface area (Å²) in [6.45, 7) is 4.33. The summed E-state index contributed by atoms with van der Waals surface area (Å²) < 4.78 is 0. The molecular formula is C22H23N3O. The van der Waals surface area contributed by atoms with Gasteiger partial charge < -0.3 is 10.7 Å². The van der Waals surface area contributed by atoms with Crippen molar-refractivity contribution in [3.8, 4) is 0 Å². The van der Waals surface area contributed by atoms with Crippen LogP contribution in [0.25, 0.3) is 0 Å². The number of primary amides is 1. The first kappa shape index (κ1) is 16.6. The van der Waals surface area contributed by atoms with Crippen LogP contribution in [0.15, 0.2) is 48.9 Å². The first-order valence-corrected chi connectivity index (χ1v) is 9.03. The van der Waals surface area contributed by atoms with Gasteiger partial charge in [0.15, 0.2) is 0 Å². The van der Waals surface area contributed by atoms with Gasteiger partial charge in [0, 0.05) is 23.4 Å². The number of hydrogen-bond acceptors (Lipinski definition) is 2. The summed E-state index contributed by atoms with van der Waals surface area (Å²) in [7, 11) is 0. The minimum Gasteiger partial charge on any atom is -0.366 e. The number of hydrogen-bond donors (Lipinski definition) is 2. The molecule has 4 nitrogen and oxygen atoms in total. The number of aromatic nitrogens is 2. The van der Waals surface area contributed by atoms with Crippen LogP contribution >= 0.6 is 0 Å². The fraction of sp³-hybridized carbons (Fsp3) is 0.273. The van der Waals surface area contributed by atoms with Crippen LogP contribution in [-0.4, -0.2) is 15.9 Å². The van der Waals surface area contributed by atoms with Crippen molar-refractivity contribution in [3.63, 3.8) is 0 Å². The van der Waals surface area contributed by atoms with Gasteiger partial charge in [0.2, 0.25) is 5.91 Å². The van der Waals surface area contributed by atoms with Crippen molar-refractivity contribution in [1.82, 2.24) is 9.97 Å². The Morgan fingerprint density at radius 1 is 1.27 bits per heavy atom. The lowest BCUT2D eigenvalue weighted by molar-refractivity contribution is 0.1000. The maximum atomic E-state index is 11.7. The van der Waals surface area contributed by atoms with Crippen molar-refractivity contribution < 1.29 is 4.79 Å². The summed E-state index contributed by atoms with van der Waals surface area (Å²) in [6.07, 6.45) is 5.73. The minimum absolute atomic E-state index is 0.182. The number of nitrogens with two attached hydrogens (primary N) is 1. The van der Waals surface area contributed by atoms with Crippen LogP contribution in [-0.2, 0) is 6.42 Å². The lowest BCUT2D eigenvalue weighted by Crippen LogP contribution is -2.15. The Morgan fingerprint density at radius 3 is 2.85 bits per heavy atom. The van der Waals surface area contributed by atoms with E-state index in [-0.39, 0.29) is 11.8 Å². The number of rotatable bonds is 4. The zero-order valence-corrected chi connectivity index (χ0v) is 15.1. The average Bonchev–Trinajstić information content (AvgIpc) is 3.29. The summed E-state index contributed by atoms with van der Waals surface area (Å²) in [5, 5.41) is 0. The number of carbonyl (C=O) groups excluding carboxylic acids is 1. The Labute approximate surface area is 153 Å². The van der Waals surface area contributed by atoms with E-state index in [9.17, 15) is 4.79 Å². The lowest BCUT2D eigenvalue weighted by Gasteiger charge is -2.26. The van der Waals surface area contributed by atoms with E-state index in [1.54, 1.807) is 6.33 Å². The number of benzene rings is 2. The Kier molecular flexibility index (Phi) is 4.11. The van der Waals surface area contributed by atoms with Crippen molar-refractivity contribution in [2.45, 2.75) is 38.5 Å². The highest BCUT2D eigenvalue weighted by molar-refractivity contribution is 5.93. The zero-order chi connectivity index (χ0) is 18.3. The highest BCUT2D eigenvalue weighted by Crippen LogP contribution is 2.46. The van der Waals surface area contributed by atoms with Crippen LogP contribution in [0.5, 0.6) is 0 Å². The highest BCUT2D eigenvalue weighted by Gasteiger charge is 2.34. The maximum absolute atomic E-state index is 11.7. The molecule has 1 heterocycles. The predicted octanol–water partition coefficient (Wildman–Crippen LogP) is 3.99. The molecule has 0 spiro atoms. The molecule has 0 aliphatic heterocycles. The maximum Gasteiger partial charge on any atom is 0.248 e. The van der Waals surface area contributed by atoms with Gasteiger partial charge in [-0.3, -0.25) is 4.79 Å². The average molecular weight is 345 g/mol. The zero-order valence-electron chi connectivity index (χ0n) is 15.1. The largest absolute Gasteiger partial charge is 0.366 e. The number of fused-ring (bicyclic) bond motifs is 1. The molecule has 2 unspecified atom stereocenters. The number of imidazole rings is 1. The van der Waals surface area contributed by atoms with Crippen molar-refractivity contribution in [2.75, 3.05) is 0 Å². The van der Waals surface area contributed by atoms with Crippen LogP contribution in [0, 0.1) is 13.8 Å². The van der Waals surface area contributed by atoms with Crippen LogP contribution in [0.2, 0.25) is 0 Å². The number of aryl methyl sites for hydroxylation is 2. The topological polar surface area (TPSA) is 71.8 Å². The van der Waals surface area contributed by atoms with Gasteiger partial charge in [-0.25, -0.2) is 4.98 Å². The number of carbonyl (C=O) groups is 1. The molecule has 3 N–H and O–H groups in total. The predicted molar refractivity (Wildman–Crippen MR) is 102 cm³/mol. The molecule has 1 aromatic heterocycles. The molecule has 3 aromatic rings. The summed E-state index contributed by atoms with van der Waals surface area (Å²) >= 11 is 0. The molecule has 4 heteroatoms. The summed E-state index contributed by atoms with van der Waals surface area (Å²) in [6, 6.07) is 12.4. The molecular weight excluding hydrogens is 322 g/mol. The third kappa shape index (κ3) is 2.71. The van der Waals surface area contributed by atoms with E-state index >= 15 is 0 Å². The van der Waals surface area contributed by atoms with Gasteiger partial charge >= 0.3 is 0 Å². The molecule has 0 saturated heterocycles. The van der Waals surface area contributed by atoms with Gasteiger partial charge in [-0.05, 0) is 72.6 Å². The van der Waals surface area contributed by atoms with Crippen molar-refractivity contribution in [2.24, 2.45) is 5.73 Å². The van der Waals surface area contributed by atoms with E-state index < -0.39 is 0 Å². The fourth-order valence-corrected chi connectivity index (χ4v) is 4.28. The lowest BCUT2D eigenvalue weighted by atomic mass is 9.78. The van der Waals surface area contributed by atoms with Crippen LogP contribution < -0.4 is 5.73 Å². The molecule has 1 aliphatic carbocycles. The van der Waals surface area contributed by atoms with Gasteiger partial charge in [0.25, 0.3) is 0 Å². The van der Waals surface area contributed by atoms with Crippen LogP contribution in [0.1, 0.15) is 62.1 Å². The first-order valence-electron chi connectivity index (χ1n) is 9.03. The van der Waals surface area contributed by atoms with Crippen LogP contribution in [0.3, 0.4) is 0 Å². The Morgan fingerprint density at radius 2 is 2.12 bits per heavy atom. The summed E-state index contributed by atoms with van der Waals surface area (Å²) in [5.41, 5.74) is 13.7. The molecule has 132 valence electrons. The van der Waals surface area contributed by atoms with Gasteiger partial charge in [-0.1, -0.05) is 24.3 Å². The second-order valence-corrected chi connectivity index (χ2v) is 7.20. The highest BCUT2D eigenvalue weighted by atomic mass is 16.1. The van der Waals surface area contributed by atoms with Crippen LogP contribution in [0.4, 0.5) is 0 Å². The van der Waals surface area contributed by atoms with E-state index in [4.69, 9.17) is 5.73 Å². The Balaban J connectivity index is 1.87. The van der Waals surface area contributed by atoms with Gasteiger partial charge in [0.1, 0.15) is 0 Å². The van der Waals surface area contributed by atoms with E-state index in [1.807, 2.05) is 18.3 Å². The van der Waals surface area contributed by atoms with Gasteiger partial charge in [-0.2, -0.15) is 0 Å². The smallest absolute Gasteiger partial charge is 0.248 e. The second kappa shape index (κ2) is 6.45. The van der Waals surface area contributed by atoms with Gasteiger partial charge in [-0.15, -0.1) is 0 Å². The molecule has 2 aromatic carbocycles. The van der Waals surface area contributed by atoms with E-state index in [0.717, 1.165) is 18.5 Å². The normalized spacial score (nSPS) is 17.1. The van der Waals surface area contributed by atoms with E-state index in [1.165, 1.54) is 27.8 Å². The van der Waals surface area contributed by atoms with Crippen molar-refractivity contribution in [1.29, 1.82) is 0 Å². The third-order valence-corrected chi connectivity index (χ3v) is 5.79. The molecule has 2 atom stereocenters. The summed E-state index contributed by atoms with van der Waals surface area (Å²) in [4.78, 5) is 19.3. The second-order valence-electron chi connectivity index (χ2n) is 7.20. The van der Waals surface area contributed by atoms with Crippen molar-refractivity contribution in [3.05, 3.63) is 88.0 Å². The molecule has 1 aliphatic rings. The standard InChI is InChI=1S/C22H23N3O/c1-13-4-3-5-17(14(13)2)21(20-11-24-12-25-20)18-9-8-15-6-7-16(22(23)26)10-19(15)18/h3-7,10-12,18,21H,8-9H2,1-2H3,(H2,23,26)(H,24,25). The molecule has 0 radical (unpaired) electrons. The number of H-pyrrole nitrogens is 1. The van der Waals surface area contributed by atoms with Gasteiger partial charge in [0.05, 0.1) is 6.33 Å². The van der Waals surface area contributed by atoms with E-state index in [2.05, 4.69) is 48.1 Å². The quantitative estimate of drug-likeness (QED) is 0.750. The minimum atomic E-state index is -0.372. The van der Waals surface area contributed by atoms with Crippen molar-refractivity contribution >= 4 is 5.91 Å².